The minimum atomic E-state index is -0.269. The molecule has 3 nitrogen and oxygen atoms in total. The third kappa shape index (κ3) is 2.84. The quantitative estimate of drug-likeness (QED) is 0.927. The number of hydrogen-bond acceptors (Lipinski definition) is 2. The SMILES string of the molecule is Cc1cccc(C)c1NC(=O)C1(N(C)C)CC1.[Y]. The molecular weight excluding hydrogens is 301 g/mol. The van der Waals surface area contributed by atoms with Crippen LogP contribution in [0.2, 0.25) is 0 Å². The first kappa shape index (κ1) is 15.8. The monoisotopic (exact) mass is 321 g/mol. The van der Waals surface area contributed by atoms with Gasteiger partial charge >= 0.3 is 0 Å². The summed E-state index contributed by atoms with van der Waals surface area (Å²) in [6.45, 7) is 4.05. The van der Waals surface area contributed by atoms with Gasteiger partial charge in [-0.2, -0.15) is 0 Å². The van der Waals surface area contributed by atoms with Crippen LogP contribution < -0.4 is 5.32 Å². The summed E-state index contributed by atoms with van der Waals surface area (Å²) < 4.78 is 0. The van der Waals surface area contributed by atoms with Crippen LogP contribution in [0.3, 0.4) is 0 Å². The Balaban J connectivity index is 0.00000162. The number of para-hydroxylation sites is 1. The fourth-order valence-electron chi connectivity index (χ4n) is 2.24. The second-order valence-electron chi connectivity index (χ2n) is 5.15. The van der Waals surface area contributed by atoms with Gasteiger partial charge < -0.3 is 5.32 Å². The van der Waals surface area contributed by atoms with Gasteiger partial charge in [0.1, 0.15) is 5.54 Å². The van der Waals surface area contributed by atoms with Crippen molar-refractivity contribution in [2.45, 2.75) is 32.2 Å². The first-order valence-electron chi connectivity index (χ1n) is 6.02. The van der Waals surface area contributed by atoms with Crippen LogP contribution in [0.25, 0.3) is 0 Å². The van der Waals surface area contributed by atoms with E-state index >= 15 is 0 Å². The first-order valence-corrected chi connectivity index (χ1v) is 6.02. The first-order chi connectivity index (χ1) is 7.97. The minimum Gasteiger partial charge on any atom is -0.324 e. The molecule has 0 heterocycles. The molecule has 18 heavy (non-hydrogen) atoms. The average molecular weight is 321 g/mol. The van der Waals surface area contributed by atoms with Crippen molar-refractivity contribution in [1.82, 2.24) is 4.90 Å². The van der Waals surface area contributed by atoms with E-state index in [1.54, 1.807) is 0 Å². The number of rotatable bonds is 3. The van der Waals surface area contributed by atoms with Crippen LogP contribution in [-0.2, 0) is 37.5 Å². The molecule has 4 heteroatoms. The van der Waals surface area contributed by atoms with Gasteiger partial charge in [0.15, 0.2) is 0 Å². The summed E-state index contributed by atoms with van der Waals surface area (Å²) in [5.74, 6) is 0.125. The summed E-state index contributed by atoms with van der Waals surface area (Å²) >= 11 is 0. The van der Waals surface area contributed by atoms with Crippen LogP contribution in [0.4, 0.5) is 5.69 Å². The van der Waals surface area contributed by atoms with Crippen molar-refractivity contribution >= 4 is 11.6 Å². The third-order valence-corrected chi connectivity index (χ3v) is 3.72. The zero-order valence-electron chi connectivity index (χ0n) is 11.6. The molecule has 0 aliphatic heterocycles. The van der Waals surface area contributed by atoms with Gasteiger partial charge in [-0.1, -0.05) is 18.2 Å². The number of hydrogen-bond donors (Lipinski definition) is 1. The summed E-state index contributed by atoms with van der Waals surface area (Å²) in [6.07, 6.45) is 1.91. The van der Waals surface area contributed by atoms with Crippen molar-refractivity contribution in [1.29, 1.82) is 0 Å². The van der Waals surface area contributed by atoms with Gasteiger partial charge in [0.25, 0.3) is 0 Å². The molecule has 0 saturated heterocycles. The van der Waals surface area contributed by atoms with Gasteiger partial charge in [0.2, 0.25) is 5.91 Å². The summed E-state index contributed by atoms with van der Waals surface area (Å²) in [6, 6.07) is 6.06. The van der Waals surface area contributed by atoms with Gasteiger partial charge in [-0.25, -0.2) is 0 Å². The Hall–Kier alpha value is -0.246. The van der Waals surface area contributed by atoms with Crippen molar-refractivity contribution in [2.75, 3.05) is 19.4 Å². The number of carbonyl (C=O) groups excluding carboxylic acids is 1. The molecule has 2 rings (SSSR count). The Kier molecular flexibility index (Phi) is 5.10. The Morgan fingerprint density at radius 2 is 1.72 bits per heavy atom. The molecule has 0 atom stereocenters. The van der Waals surface area contributed by atoms with E-state index in [9.17, 15) is 4.79 Å². The Labute approximate surface area is 134 Å². The number of nitrogens with zero attached hydrogens (tertiary/aromatic N) is 1. The van der Waals surface area contributed by atoms with Crippen LogP contribution in [0.15, 0.2) is 18.2 Å². The molecule has 1 saturated carbocycles. The van der Waals surface area contributed by atoms with Crippen molar-refractivity contribution in [2.24, 2.45) is 0 Å². The van der Waals surface area contributed by atoms with Gasteiger partial charge in [-0.05, 0) is 51.9 Å². The third-order valence-electron chi connectivity index (χ3n) is 3.72. The smallest absolute Gasteiger partial charge is 0.244 e. The molecule has 95 valence electrons. The predicted molar refractivity (Wildman–Crippen MR) is 70.2 cm³/mol. The number of likely N-dealkylation sites (N-methyl/N-ethyl adjacent to an activating group) is 1. The van der Waals surface area contributed by atoms with Crippen molar-refractivity contribution in [3.63, 3.8) is 0 Å². The van der Waals surface area contributed by atoms with Gasteiger partial charge in [-0.15, -0.1) is 0 Å². The molecular formula is C14H20N2OY. The van der Waals surface area contributed by atoms with Gasteiger partial charge in [0.05, 0.1) is 0 Å². The van der Waals surface area contributed by atoms with Crippen LogP contribution >= 0.6 is 0 Å². The molecule has 1 N–H and O–H groups in total. The molecule has 1 aromatic rings. The van der Waals surface area contributed by atoms with E-state index < -0.39 is 0 Å². The molecule has 1 aliphatic rings. The van der Waals surface area contributed by atoms with Crippen molar-refractivity contribution in [3.8, 4) is 0 Å². The molecule has 0 spiro atoms. The van der Waals surface area contributed by atoms with E-state index in [1.807, 2.05) is 51.0 Å². The summed E-state index contributed by atoms with van der Waals surface area (Å²) in [7, 11) is 3.94. The standard InChI is InChI=1S/C14H20N2O.Y/c1-10-6-5-7-11(2)12(10)15-13(17)14(8-9-14)16(3)4;/h5-7H,8-9H2,1-4H3,(H,15,17);. The zero-order valence-corrected chi connectivity index (χ0v) is 14.4. The number of amides is 1. The Bertz CT molecular complexity index is 433. The van der Waals surface area contributed by atoms with Gasteiger partial charge in [-0.3, -0.25) is 9.69 Å². The topological polar surface area (TPSA) is 32.3 Å². The zero-order chi connectivity index (χ0) is 12.6. The second kappa shape index (κ2) is 5.81. The van der Waals surface area contributed by atoms with Crippen LogP contribution in [0.1, 0.15) is 24.0 Å². The Morgan fingerprint density at radius 1 is 1.22 bits per heavy atom. The van der Waals surface area contributed by atoms with E-state index in [4.69, 9.17) is 0 Å². The van der Waals surface area contributed by atoms with Crippen molar-refractivity contribution < 1.29 is 37.5 Å². The van der Waals surface area contributed by atoms with E-state index in [0.29, 0.717) is 0 Å². The molecule has 0 aromatic heterocycles. The fraction of sp³-hybridized carbons (Fsp3) is 0.500. The van der Waals surface area contributed by atoms with Crippen LogP contribution in [0.5, 0.6) is 0 Å². The van der Waals surface area contributed by atoms with E-state index in [-0.39, 0.29) is 44.2 Å². The number of nitrogens with one attached hydrogen (secondary N) is 1. The van der Waals surface area contributed by atoms with E-state index in [2.05, 4.69) is 5.32 Å². The maximum absolute atomic E-state index is 12.3. The maximum atomic E-state index is 12.3. The second-order valence-corrected chi connectivity index (χ2v) is 5.15. The van der Waals surface area contributed by atoms with E-state index in [1.165, 1.54) is 0 Å². The van der Waals surface area contributed by atoms with Crippen LogP contribution in [-0.4, -0.2) is 30.4 Å². The molecule has 0 unspecified atom stereocenters. The number of aryl methyl sites for hydroxylation is 2. The summed E-state index contributed by atoms with van der Waals surface area (Å²) in [5, 5.41) is 3.08. The molecule has 1 fully saturated rings. The molecule has 1 amide bonds. The summed E-state index contributed by atoms with van der Waals surface area (Å²) in [5.41, 5.74) is 2.93. The molecule has 1 aliphatic carbocycles. The van der Waals surface area contributed by atoms with Crippen LogP contribution in [0, 0.1) is 13.8 Å². The average Bonchev–Trinajstić information content (AvgIpc) is 3.04. The largest absolute Gasteiger partial charge is 0.324 e. The maximum Gasteiger partial charge on any atom is 0.244 e. The molecule has 1 aromatic carbocycles. The number of benzene rings is 1. The minimum absolute atomic E-state index is 0. The number of carbonyl (C=O) groups is 1. The fourth-order valence-corrected chi connectivity index (χ4v) is 2.24. The Morgan fingerprint density at radius 3 is 2.11 bits per heavy atom. The van der Waals surface area contributed by atoms with Gasteiger partial charge in [0, 0.05) is 38.4 Å². The predicted octanol–water partition coefficient (Wildman–Crippen LogP) is 2.33. The number of anilines is 1. The summed E-state index contributed by atoms with van der Waals surface area (Å²) in [4.78, 5) is 14.3. The molecule has 0 bridgehead atoms. The normalized spacial score (nSPS) is 16.1. The van der Waals surface area contributed by atoms with E-state index in [0.717, 1.165) is 29.7 Å². The molecule has 1 radical (unpaired) electrons. The van der Waals surface area contributed by atoms with Crippen molar-refractivity contribution in [3.05, 3.63) is 29.3 Å².